The second-order valence-corrected chi connectivity index (χ2v) is 7.20. The Kier molecular flexibility index (Phi) is 5.74. The molecule has 2 heterocycles. The third-order valence-electron chi connectivity index (χ3n) is 5.46. The zero-order valence-electron chi connectivity index (χ0n) is 15.4. The number of anilines is 1. The zero-order chi connectivity index (χ0) is 17.8. The van der Waals surface area contributed by atoms with Crippen molar-refractivity contribution in [3.63, 3.8) is 0 Å². The molecule has 0 spiro atoms. The minimum atomic E-state index is -0.221. The summed E-state index contributed by atoms with van der Waals surface area (Å²) in [5, 5.41) is 0. The molecule has 1 atom stereocenters. The first-order valence-corrected chi connectivity index (χ1v) is 9.45. The van der Waals surface area contributed by atoms with E-state index in [4.69, 9.17) is 0 Å². The lowest BCUT2D eigenvalue weighted by molar-refractivity contribution is -0.134. The molecule has 136 valence electrons. The summed E-state index contributed by atoms with van der Waals surface area (Å²) in [5.74, 6) is -0.0581. The molecule has 0 radical (unpaired) electrons. The lowest BCUT2D eigenvalue weighted by atomic mass is 10.1. The maximum Gasteiger partial charge on any atom is 0.227 e. The molecule has 2 aliphatic rings. The second-order valence-electron chi connectivity index (χ2n) is 7.20. The van der Waals surface area contributed by atoms with Crippen LogP contribution in [0.3, 0.4) is 0 Å². The number of hydrogen-bond acceptors (Lipinski definition) is 3. The van der Waals surface area contributed by atoms with E-state index >= 15 is 0 Å². The standard InChI is InChI=1S/C20H29N3O2/c1-3-16-8-4-5-9-18(16)23-15-17(14-19(23)24)20(25)21(2)12-13-22-10-6-7-11-22/h4-5,8-9,17H,3,6-7,10-15H2,1-2H3. The van der Waals surface area contributed by atoms with E-state index in [1.807, 2.05) is 30.1 Å². The van der Waals surface area contributed by atoms with Gasteiger partial charge in [0.15, 0.2) is 0 Å². The summed E-state index contributed by atoms with van der Waals surface area (Å²) in [5.41, 5.74) is 2.12. The fourth-order valence-corrected chi connectivity index (χ4v) is 3.90. The maximum atomic E-state index is 12.8. The number of carbonyl (C=O) groups excluding carboxylic acids is 2. The first-order chi connectivity index (χ1) is 12.1. The minimum Gasteiger partial charge on any atom is -0.344 e. The smallest absolute Gasteiger partial charge is 0.227 e. The fourth-order valence-electron chi connectivity index (χ4n) is 3.90. The topological polar surface area (TPSA) is 43.9 Å². The molecule has 2 saturated heterocycles. The molecule has 1 aromatic carbocycles. The lowest BCUT2D eigenvalue weighted by Crippen LogP contribution is -2.39. The van der Waals surface area contributed by atoms with Crippen LogP contribution in [0.1, 0.15) is 31.7 Å². The van der Waals surface area contributed by atoms with Gasteiger partial charge < -0.3 is 14.7 Å². The van der Waals surface area contributed by atoms with Crippen LogP contribution in [0.25, 0.3) is 0 Å². The molecule has 0 aromatic heterocycles. The molecular formula is C20H29N3O2. The summed E-state index contributed by atoms with van der Waals surface area (Å²) in [7, 11) is 1.87. The van der Waals surface area contributed by atoms with Crippen molar-refractivity contribution >= 4 is 17.5 Å². The molecule has 25 heavy (non-hydrogen) atoms. The van der Waals surface area contributed by atoms with Crippen molar-refractivity contribution in [2.45, 2.75) is 32.6 Å². The van der Waals surface area contributed by atoms with E-state index in [0.717, 1.165) is 43.9 Å². The predicted octanol–water partition coefficient (Wildman–Crippen LogP) is 2.16. The highest BCUT2D eigenvalue weighted by atomic mass is 16.2. The Morgan fingerprint density at radius 3 is 2.68 bits per heavy atom. The van der Waals surface area contributed by atoms with Gasteiger partial charge in [-0.15, -0.1) is 0 Å². The van der Waals surface area contributed by atoms with Gasteiger partial charge in [-0.05, 0) is 44.0 Å². The van der Waals surface area contributed by atoms with Gasteiger partial charge in [0, 0.05) is 38.8 Å². The number of para-hydroxylation sites is 1. The van der Waals surface area contributed by atoms with Crippen LogP contribution in [0.15, 0.2) is 24.3 Å². The normalized spacial score (nSPS) is 21.1. The predicted molar refractivity (Wildman–Crippen MR) is 99.6 cm³/mol. The summed E-state index contributed by atoms with van der Waals surface area (Å²) >= 11 is 0. The Hall–Kier alpha value is -1.88. The van der Waals surface area contributed by atoms with Gasteiger partial charge in [-0.2, -0.15) is 0 Å². The molecule has 2 amide bonds. The average molecular weight is 343 g/mol. The molecule has 5 heteroatoms. The summed E-state index contributed by atoms with van der Waals surface area (Å²) in [6, 6.07) is 8.00. The number of benzene rings is 1. The molecule has 0 N–H and O–H groups in total. The molecule has 0 bridgehead atoms. The van der Waals surface area contributed by atoms with Crippen molar-refractivity contribution < 1.29 is 9.59 Å². The number of rotatable bonds is 6. The van der Waals surface area contributed by atoms with Crippen molar-refractivity contribution in [3.05, 3.63) is 29.8 Å². The summed E-state index contributed by atoms with van der Waals surface area (Å²) in [4.78, 5) is 31.3. The van der Waals surface area contributed by atoms with E-state index in [9.17, 15) is 9.59 Å². The Balaban J connectivity index is 1.60. The number of carbonyl (C=O) groups is 2. The van der Waals surface area contributed by atoms with Crippen molar-refractivity contribution in [1.82, 2.24) is 9.80 Å². The highest BCUT2D eigenvalue weighted by Crippen LogP contribution is 2.29. The Morgan fingerprint density at radius 1 is 1.24 bits per heavy atom. The molecule has 3 rings (SSSR count). The Bertz CT molecular complexity index is 625. The number of aryl methyl sites for hydroxylation is 1. The average Bonchev–Trinajstić information content (AvgIpc) is 3.28. The minimum absolute atomic E-state index is 0.0622. The Labute approximate surface area is 150 Å². The van der Waals surface area contributed by atoms with Crippen molar-refractivity contribution in [2.75, 3.05) is 44.7 Å². The highest BCUT2D eigenvalue weighted by Gasteiger charge is 2.37. The van der Waals surface area contributed by atoms with Gasteiger partial charge in [-0.1, -0.05) is 25.1 Å². The molecule has 1 unspecified atom stereocenters. The summed E-state index contributed by atoms with van der Waals surface area (Å²) in [6.45, 7) is 6.56. The van der Waals surface area contributed by atoms with Gasteiger partial charge in [0.25, 0.3) is 0 Å². The maximum absolute atomic E-state index is 12.8. The number of likely N-dealkylation sites (N-methyl/N-ethyl adjacent to an activating group) is 1. The van der Waals surface area contributed by atoms with Gasteiger partial charge in [0.2, 0.25) is 11.8 Å². The first-order valence-electron chi connectivity index (χ1n) is 9.45. The van der Waals surface area contributed by atoms with E-state index in [-0.39, 0.29) is 17.7 Å². The van der Waals surface area contributed by atoms with Crippen LogP contribution >= 0.6 is 0 Å². The number of likely N-dealkylation sites (tertiary alicyclic amines) is 1. The van der Waals surface area contributed by atoms with E-state index in [1.165, 1.54) is 12.8 Å². The lowest BCUT2D eigenvalue weighted by Gasteiger charge is -2.24. The molecule has 0 saturated carbocycles. The van der Waals surface area contributed by atoms with Crippen LogP contribution in [0.4, 0.5) is 5.69 Å². The van der Waals surface area contributed by atoms with Crippen LogP contribution in [-0.2, 0) is 16.0 Å². The van der Waals surface area contributed by atoms with E-state index in [1.54, 1.807) is 4.90 Å². The van der Waals surface area contributed by atoms with Crippen LogP contribution in [0.2, 0.25) is 0 Å². The van der Waals surface area contributed by atoms with Crippen LogP contribution in [0.5, 0.6) is 0 Å². The van der Waals surface area contributed by atoms with Crippen LogP contribution < -0.4 is 4.90 Å². The number of nitrogens with zero attached hydrogens (tertiary/aromatic N) is 3. The van der Waals surface area contributed by atoms with Gasteiger partial charge in [0.05, 0.1) is 5.92 Å². The molecule has 2 aliphatic heterocycles. The van der Waals surface area contributed by atoms with Crippen molar-refractivity contribution in [1.29, 1.82) is 0 Å². The molecule has 2 fully saturated rings. The zero-order valence-corrected chi connectivity index (χ0v) is 15.4. The van der Waals surface area contributed by atoms with Gasteiger partial charge in [-0.25, -0.2) is 0 Å². The van der Waals surface area contributed by atoms with Crippen molar-refractivity contribution in [2.24, 2.45) is 5.92 Å². The molecular weight excluding hydrogens is 314 g/mol. The Morgan fingerprint density at radius 2 is 1.96 bits per heavy atom. The summed E-state index contributed by atoms with van der Waals surface area (Å²) in [6.07, 6.45) is 3.74. The van der Waals surface area contributed by atoms with Crippen molar-refractivity contribution in [3.8, 4) is 0 Å². The molecule has 0 aliphatic carbocycles. The third-order valence-corrected chi connectivity index (χ3v) is 5.46. The van der Waals surface area contributed by atoms with Crippen LogP contribution in [0, 0.1) is 5.92 Å². The monoisotopic (exact) mass is 343 g/mol. The molecule has 5 nitrogen and oxygen atoms in total. The summed E-state index contributed by atoms with van der Waals surface area (Å²) < 4.78 is 0. The van der Waals surface area contributed by atoms with Gasteiger partial charge in [-0.3, -0.25) is 9.59 Å². The SMILES string of the molecule is CCc1ccccc1N1CC(C(=O)N(C)CCN2CCCC2)CC1=O. The van der Waals surface area contributed by atoms with E-state index in [2.05, 4.69) is 17.9 Å². The number of hydrogen-bond donors (Lipinski definition) is 0. The van der Waals surface area contributed by atoms with Gasteiger partial charge in [0.1, 0.15) is 0 Å². The quantitative estimate of drug-likeness (QED) is 0.795. The van der Waals surface area contributed by atoms with E-state index < -0.39 is 0 Å². The molecule has 1 aromatic rings. The first kappa shape index (κ1) is 17.9. The second kappa shape index (κ2) is 8.00. The van der Waals surface area contributed by atoms with E-state index in [0.29, 0.717) is 13.0 Å². The third kappa shape index (κ3) is 4.03. The largest absolute Gasteiger partial charge is 0.344 e. The van der Waals surface area contributed by atoms with Crippen LogP contribution in [-0.4, -0.2) is 61.4 Å². The highest BCUT2D eigenvalue weighted by molar-refractivity contribution is 6.00. The number of amides is 2. The fraction of sp³-hybridized carbons (Fsp3) is 0.600. The van der Waals surface area contributed by atoms with Gasteiger partial charge >= 0.3 is 0 Å².